The topological polar surface area (TPSA) is 132 Å². The van der Waals surface area contributed by atoms with Gasteiger partial charge in [0.15, 0.2) is 12.4 Å². The molecule has 9 heteroatoms. The van der Waals surface area contributed by atoms with E-state index in [9.17, 15) is 24.9 Å². The van der Waals surface area contributed by atoms with Gasteiger partial charge in [-0.25, -0.2) is 0 Å². The molecular weight excluding hydrogens is 360 g/mol. The van der Waals surface area contributed by atoms with Crippen LogP contribution >= 0.6 is 0 Å². The van der Waals surface area contributed by atoms with Crippen LogP contribution in [-0.2, 0) is 35.1 Å². The fourth-order valence-electron chi connectivity index (χ4n) is 2.74. The average molecular weight is 384 g/mol. The van der Waals surface area contributed by atoms with Crippen molar-refractivity contribution in [2.24, 2.45) is 0 Å². The van der Waals surface area contributed by atoms with Crippen LogP contribution in [0.25, 0.3) is 0 Å². The highest BCUT2D eigenvalue weighted by molar-refractivity contribution is 5.67. The molecule has 1 aromatic rings. The Morgan fingerprint density at radius 1 is 1.07 bits per heavy atom. The lowest BCUT2D eigenvalue weighted by molar-refractivity contribution is -0.310. The van der Waals surface area contributed by atoms with E-state index in [1.54, 1.807) is 12.1 Å². The molecule has 1 aliphatic rings. The van der Waals surface area contributed by atoms with Gasteiger partial charge in [0.2, 0.25) is 0 Å². The van der Waals surface area contributed by atoms with E-state index in [4.69, 9.17) is 18.9 Å². The third-order valence-corrected chi connectivity index (χ3v) is 4.02. The van der Waals surface area contributed by atoms with Gasteiger partial charge in [0.05, 0.1) is 6.61 Å². The first-order valence-corrected chi connectivity index (χ1v) is 8.45. The Balaban J connectivity index is 2.04. The third-order valence-electron chi connectivity index (χ3n) is 4.02. The predicted octanol–water partition coefficient (Wildman–Crippen LogP) is -0.494. The predicted molar refractivity (Wildman–Crippen MR) is 90.1 cm³/mol. The van der Waals surface area contributed by atoms with Gasteiger partial charge in [-0.05, 0) is 5.56 Å². The lowest BCUT2D eigenvalue weighted by Crippen LogP contribution is -2.62. The molecule has 0 aromatic heterocycles. The van der Waals surface area contributed by atoms with Crippen LogP contribution in [0, 0.1) is 0 Å². The van der Waals surface area contributed by atoms with Crippen LogP contribution in [0.5, 0.6) is 0 Å². The van der Waals surface area contributed by atoms with Crippen molar-refractivity contribution in [3.8, 4) is 0 Å². The van der Waals surface area contributed by atoms with E-state index in [-0.39, 0.29) is 6.61 Å². The molecule has 1 aromatic carbocycles. The maximum absolute atomic E-state index is 11.3. The van der Waals surface area contributed by atoms with Crippen LogP contribution in [-0.4, -0.2) is 70.7 Å². The number of aliphatic hydroxyl groups excluding tert-OH is 3. The molecule has 0 aliphatic carbocycles. The Bertz CT molecular complexity index is 621. The first-order valence-electron chi connectivity index (χ1n) is 8.45. The van der Waals surface area contributed by atoms with Gasteiger partial charge in [-0.1, -0.05) is 30.3 Å². The largest absolute Gasteiger partial charge is 0.462 e. The van der Waals surface area contributed by atoms with E-state index in [1.807, 2.05) is 18.2 Å². The second kappa shape index (κ2) is 9.77. The average Bonchev–Trinajstić information content (AvgIpc) is 2.62. The number of hydrogen-bond donors (Lipinski definition) is 3. The van der Waals surface area contributed by atoms with E-state index >= 15 is 0 Å². The van der Waals surface area contributed by atoms with Crippen molar-refractivity contribution in [1.82, 2.24) is 0 Å². The van der Waals surface area contributed by atoms with Crippen molar-refractivity contribution < 1.29 is 43.9 Å². The molecule has 6 atom stereocenters. The van der Waals surface area contributed by atoms with E-state index < -0.39 is 55.4 Å². The summed E-state index contributed by atoms with van der Waals surface area (Å²) in [7, 11) is 0. The number of benzene rings is 1. The second-order valence-corrected chi connectivity index (χ2v) is 6.18. The Labute approximate surface area is 156 Å². The zero-order valence-corrected chi connectivity index (χ0v) is 15.1. The lowest BCUT2D eigenvalue weighted by Gasteiger charge is -2.42. The van der Waals surface area contributed by atoms with Crippen LogP contribution < -0.4 is 0 Å². The summed E-state index contributed by atoms with van der Waals surface area (Å²) in [6.45, 7) is 1.99. The van der Waals surface area contributed by atoms with Crippen molar-refractivity contribution in [2.75, 3.05) is 6.61 Å². The molecule has 1 aliphatic heterocycles. The quantitative estimate of drug-likeness (QED) is 0.533. The molecule has 0 saturated carbocycles. The summed E-state index contributed by atoms with van der Waals surface area (Å²) in [6.07, 6.45) is -8.39. The molecule has 150 valence electrons. The van der Waals surface area contributed by atoms with Gasteiger partial charge in [0, 0.05) is 13.8 Å². The first kappa shape index (κ1) is 21.3. The molecule has 1 fully saturated rings. The zero-order chi connectivity index (χ0) is 20.0. The normalized spacial score (nSPS) is 29.0. The molecule has 27 heavy (non-hydrogen) atoms. The Morgan fingerprint density at radius 2 is 1.74 bits per heavy atom. The second-order valence-electron chi connectivity index (χ2n) is 6.18. The molecule has 3 N–H and O–H groups in total. The number of ether oxygens (including phenoxy) is 4. The van der Waals surface area contributed by atoms with Crippen LogP contribution in [0.3, 0.4) is 0 Å². The van der Waals surface area contributed by atoms with Gasteiger partial charge in [-0.15, -0.1) is 0 Å². The Hall–Kier alpha value is -2.04. The van der Waals surface area contributed by atoms with Crippen molar-refractivity contribution in [1.29, 1.82) is 0 Å². The maximum atomic E-state index is 11.3. The number of carbonyl (C=O) groups is 2. The third kappa shape index (κ3) is 5.98. The summed E-state index contributed by atoms with van der Waals surface area (Å²) in [5.41, 5.74) is 0.807. The molecule has 9 nitrogen and oxygen atoms in total. The Morgan fingerprint density at radius 3 is 2.33 bits per heavy atom. The van der Waals surface area contributed by atoms with Crippen molar-refractivity contribution in [3.05, 3.63) is 35.9 Å². The van der Waals surface area contributed by atoms with Crippen LogP contribution in [0.1, 0.15) is 19.4 Å². The molecule has 0 spiro atoms. The molecule has 1 saturated heterocycles. The van der Waals surface area contributed by atoms with Crippen LogP contribution in [0.15, 0.2) is 30.3 Å². The monoisotopic (exact) mass is 384 g/mol. The fourth-order valence-corrected chi connectivity index (χ4v) is 2.74. The van der Waals surface area contributed by atoms with E-state index in [0.717, 1.165) is 12.5 Å². The number of carbonyl (C=O) groups excluding carboxylic acids is 2. The summed E-state index contributed by atoms with van der Waals surface area (Å²) < 4.78 is 20.6. The van der Waals surface area contributed by atoms with Crippen LogP contribution in [0.4, 0.5) is 0 Å². The molecule has 0 radical (unpaired) electrons. The van der Waals surface area contributed by atoms with Gasteiger partial charge in [-0.3, -0.25) is 9.59 Å². The molecule has 1 heterocycles. The summed E-state index contributed by atoms with van der Waals surface area (Å²) in [5, 5.41) is 30.9. The van der Waals surface area contributed by atoms with E-state index in [1.165, 1.54) is 6.92 Å². The fraction of sp³-hybridized carbons (Fsp3) is 0.556. The number of aliphatic hydroxyl groups is 3. The highest BCUT2D eigenvalue weighted by atomic mass is 16.7. The minimum absolute atomic E-state index is 0.0845. The summed E-state index contributed by atoms with van der Waals surface area (Å²) in [4.78, 5) is 22.3. The summed E-state index contributed by atoms with van der Waals surface area (Å²) >= 11 is 0. The maximum Gasteiger partial charge on any atom is 0.303 e. The molecule has 2 rings (SSSR count). The minimum atomic E-state index is -1.59. The number of hydrogen-bond acceptors (Lipinski definition) is 9. The van der Waals surface area contributed by atoms with Crippen molar-refractivity contribution >= 4 is 11.9 Å². The molecule has 0 bridgehead atoms. The standard InChI is InChI=1S/C18H24O9/c1-10(19)24-9-13(26-11(2)20)16-14(21)15(22)17(18(23)27-16)25-8-12-6-4-3-5-7-12/h3-7,13-18,21-23H,8-9H2,1-2H3/t13-,14-,15-,16+,17-,18+/m0/s1. The SMILES string of the molecule is CC(=O)OC[C@H](OC(C)=O)[C@H]1O[C@@H](O)[C@@H](OCc2ccccc2)[C@@H](O)[C@@H]1O. The Kier molecular flexibility index (Phi) is 7.69. The zero-order valence-electron chi connectivity index (χ0n) is 15.1. The minimum Gasteiger partial charge on any atom is -0.462 e. The molecular formula is C18H24O9. The van der Waals surface area contributed by atoms with Gasteiger partial charge < -0.3 is 34.3 Å². The van der Waals surface area contributed by atoms with Gasteiger partial charge in [0.25, 0.3) is 0 Å². The highest BCUT2D eigenvalue weighted by Gasteiger charge is 2.48. The van der Waals surface area contributed by atoms with Crippen molar-refractivity contribution in [2.45, 2.75) is 57.3 Å². The lowest BCUT2D eigenvalue weighted by atomic mass is 9.95. The number of rotatable bonds is 7. The highest BCUT2D eigenvalue weighted by Crippen LogP contribution is 2.26. The molecule has 0 amide bonds. The van der Waals surface area contributed by atoms with Gasteiger partial charge in [-0.2, -0.15) is 0 Å². The first-order chi connectivity index (χ1) is 12.8. The number of esters is 2. The summed E-state index contributed by atoms with van der Waals surface area (Å²) in [6, 6.07) is 9.07. The smallest absolute Gasteiger partial charge is 0.303 e. The molecule has 0 unspecified atom stereocenters. The van der Waals surface area contributed by atoms with E-state index in [0.29, 0.717) is 0 Å². The van der Waals surface area contributed by atoms with E-state index in [2.05, 4.69) is 0 Å². The summed E-state index contributed by atoms with van der Waals surface area (Å²) in [5.74, 6) is -1.32. The van der Waals surface area contributed by atoms with Crippen molar-refractivity contribution in [3.63, 3.8) is 0 Å². The van der Waals surface area contributed by atoms with Gasteiger partial charge in [0.1, 0.15) is 31.0 Å². The van der Waals surface area contributed by atoms with Gasteiger partial charge >= 0.3 is 11.9 Å². The van der Waals surface area contributed by atoms with Crippen LogP contribution in [0.2, 0.25) is 0 Å².